The lowest BCUT2D eigenvalue weighted by atomic mass is 9.89. The lowest BCUT2D eigenvalue weighted by molar-refractivity contribution is 0.669. The Kier molecular flexibility index (Phi) is 8.52. The smallest absolute Gasteiger partial charge is 0.167 e. The van der Waals surface area contributed by atoms with E-state index in [1.54, 1.807) is 0 Å². The van der Waals surface area contributed by atoms with Crippen LogP contribution < -0.4 is 0 Å². The highest BCUT2D eigenvalue weighted by molar-refractivity contribution is 6.18. The molecular formula is C63H37N3O2. The minimum atomic E-state index is 0.542. The van der Waals surface area contributed by atoms with E-state index in [0.29, 0.717) is 17.5 Å². The van der Waals surface area contributed by atoms with Crippen molar-refractivity contribution in [1.29, 1.82) is 0 Å². The lowest BCUT2D eigenvalue weighted by Gasteiger charge is -2.15. The minimum Gasteiger partial charge on any atom is -0.456 e. The largest absolute Gasteiger partial charge is 0.456 e. The van der Waals surface area contributed by atoms with Gasteiger partial charge in [-0.25, -0.2) is 15.0 Å². The van der Waals surface area contributed by atoms with Gasteiger partial charge in [0.2, 0.25) is 0 Å². The Bertz CT molecular complexity index is 4340. The molecule has 14 rings (SSSR count). The van der Waals surface area contributed by atoms with Gasteiger partial charge in [-0.15, -0.1) is 0 Å². The number of nitrogens with zero attached hydrogens (tertiary/aromatic N) is 3. The zero-order valence-corrected chi connectivity index (χ0v) is 36.5. The van der Waals surface area contributed by atoms with Crippen molar-refractivity contribution in [3.05, 3.63) is 224 Å². The molecule has 0 aliphatic heterocycles. The molecule has 0 spiro atoms. The van der Waals surface area contributed by atoms with Crippen LogP contribution in [0.4, 0.5) is 0 Å². The van der Waals surface area contributed by atoms with Gasteiger partial charge in [-0.1, -0.05) is 170 Å². The Morgan fingerprint density at radius 3 is 1.62 bits per heavy atom. The molecule has 11 aromatic carbocycles. The molecule has 0 aliphatic carbocycles. The first-order valence-electron chi connectivity index (χ1n) is 22.9. The van der Waals surface area contributed by atoms with Gasteiger partial charge in [0.05, 0.1) is 5.56 Å². The predicted molar refractivity (Wildman–Crippen MR) is 280 cm³/mol. The molecular weight excluding hydrogens is 831 g/mol. The van der Waals surface area contributed by atoms with Gasteiger partial charge in [-0.3, -0.25) is 0 Å². The van der Waals surface area contributed by atoms with E-state index in [9.17, 15) is 0 Å². The monoisotopic (exact) mass is 867 g/mol. The molecule has 0 radical (unpaired) electrons. The van der Waals surface area contributed by atoms with Crippen LogP contribution in [-0.4, -0.2) is 15.0 Å². The maximum Gasteiger partial charge on any atom is 0.167 e. The SMILES string of the molecule is c1ccc(-c2ccc3oc4cc(-c5ccc6ccccc6c5)cc(-c5ccc(-c6nc(-c7ccc8ccccc8c7)nc(-c7cccc8c7oc7ccccc78)n6)c6ccccc56)c4c3c2)cc1. The van der Waals surface area contributed by atoms with E-state index >= 15 is 0 Å². The first kappa shape index (κ1) is 38.1. The van der Waals surface area contributed by atoms with Crippen molar-refractivity contribution >= 4 is 76.2 Å². The van der Waals surface area contributed by atoms with Crippen LogP contribution in [0, 0.1) is 0 Å². The van der Waals surface area contributed by atoms with Crippen LogP contribution in [0.25, 0.3) is 144 Å². The molecule has 316 valence electrons. The van der Waals surface area contributed by atoms with Gasteiger partial charge in [0.25, 0.3) is 0 Å². The third-order valence-electron chi connectivity index (χ3n) is 13.5. The van der Waals surface area contributed by atoms with Gasteiger partial charge >= 0.3 is 0 Å². The van der Waals surface area contributed by atoms with Crippen LogP contribution in [-0.2, 0) is 0 Å². The molecule has 14 aromatic rings. The van der Waals surface area contributed by atoms with Gasteiger partial charge in [-0.2, -0.15) is 0 Å². The number of para-hydroxylation sites is 2. The Morgan fingerprint density at radius 1 is 0.250 bits per heavy atom. The maximum atomic E-state index is 6.81. The first-order chi connectivity index (χ1) is 33.7. The maximum absolute atomic E-state index is 6.81. The molecule has 0 bridgehead atoms. The van der Waals surface area contributed by atoms with Crippen molar-refractivity contribution in [1.82, 2.24) is 15.0 Å². The fourth-order valence-corrected chi connectivity index (χ4v) is 10.2. The van der Waals surface area contributed by atoms with Crippen LogP contribution in [0.1, 0.15) is 0 Å². The molecule has 5 nitrogen and oxygen atoms in total. The molecule has 0 aliphatic rings. The van der Waals surface area contributed by atoms with Crippen LogP contribution in [0.2, 0.25) is 0 Å². The molecule has 0 atom stereocenters. The summed E-state index contributed by atoms with van der Waals surface area (Å²) in [6.45, 7) is 0. The van der Waals surface area contributed by atoms with Gasteiger partial charge in [0.15, 0.2) is 17.5 Å². The highest BCUT2D eigenvalue weighted by Crippen LogP contribution is 2.45. The van der Waals surface area contributed by atoms with E-state index in [-0.39, 0.29) is 0 Å². The first-order valence-corrected chi connectivity index (χ1v) is 22.9. The Hall–Kier alpha value is -9.19. The second-order valence-electron chi connectivity index (χ2n) is 17.5. The third-order valence-corrected chi connectivity index (χ3v) is 13.5. The zero-order valence-electron chi connectivity index (χ0n) is 36.5. The van der Waals surface area contributed by atoms with E-state index in [4.69, 9.17) is 23.8 Å². The summed E-state index contributed by atoms with van der Waals surface area (Å²) in [5.74, 6) is 1.70. The third kappa shape index (κ3) is 6.21. The summed E-state index contributed by atoms with van der Waals surface area (Å²) in [4.78, 5) is 15.9. The number of hydrogen-bond donors (Lipinski definition) is 0. The van der Waals surface area contributed by atoms with Crippen molar-refractivity contribution in [2.75, 3.05) is 0 Å². The number of furan rings is 2. The van der Waals surface area contributed by atoms with E-state index in [1.807, 2.05) is 24.3 Å². The molecule has 0 saturated heterocycles. The number of hydrogen-bond acceptors (Lipinski definition) is 5. The normalized spacial score (nSPS) is 11.8. The van der Waals surface area contributed by atoms with E-state index in [1.165, 1.54) is 10.8 Å². The Balaban J connectivity index is 1.01. The summed E-state index contributed by atoms with van der Waals surface area (Å²) >= 11 is 0. The Labute approximate surface area is 390 Å². The molecule has 68 heavy (non-hydrogen) atoms. The van der Waals surface area contributed by atoms with Crippen LogP contribution in [0.5, 0.6) is 0 Å². The number of fused-ring (bicyclic) bond motifs is 9. The zero-order chi connectivity index (χ0) is 44.7. The molecule has 0 N–H and O–H groups in total. The second-order valence-corrected chi connectivity index (χ2v) is 17.5. The van der Waals surface area contributed by atoms with Crippen LogP contribution >= 0.6 is 0 Å². The van der Waals surface area contributed by atoms with Crippen molar-refractivity contribution < 1.29 is 8.83 Å². The van der Waals surface area contributed by atoms with Gasteiger partial charge in [-0.05, 0) is 120 Å². The predicted octanol–water partition coefficient (Wildman–Crippen LogP) is 17.1. The summed E-state index contributed by atoms with van der Waals surface area (Å²) in [6.07, 6.45) is 0. The highest BCUT2D eigenvalue weighted by Gasteiger charge is 2.22. The minimum absolute atomic E-state index is 0.542. The Morgan fingerprint density at radius 2 is 0.824 bits per heavy atom. The standard InChI is InChI=1S/C63H37N3O2/c1-2-13-38(14-3-1)44-29-32-57-55(35-44)59-54(36-46(37-58(59)67-57)43-27-25-39-15-4-6-17-41(39)33-43)49-30-31-52(48-20-9-8-19-47(48)49)62-64-61(45-28-26-40-16-5-7-18-42(40)34-45)65-63(66-62)53-23-12-22-51-50-21-10-11-24-56(50)68-60(51)53/h1-37H. The lowest BCUT2D eigenvalue weighted by Crippen LogP contribution is -2.01. The fraction of sp³-hybridized carbons (Fsp3) is 0. The summed E-state index contributed by atoms with van der Waals surface area (Å²) in [5.41, 5.74) is 12.5. The van der Waals surface area contributed by atoms with E-state index < -0.39 is 0 Å². The number of benzene rings is 11. The molecule has 3 heterocycles. The summed E-state index contributed by atoms with van der Waals surface area (Å²) in [5, 5.41) is 11.0. The fourth-order valence-electron chi connectivity index (χ4n) is 10.2. The molecule has 3 aromatic heterocycles. The summed E-state index contributed by atoms with van der Waals surface area (Å²) in [7, 11) is 0. The molecule has 0 saturated carbocycles. The summed E-state index contributed by atoms with van der Waals surface area (Å²) < 4.78 is 13.4. The van der Waals surface area contributed by atoms with E-state index in [0.717, 1.165) is 115 Å². The highest BCUT2D eigenvalue weighted by atomic mass is 16.3. The van der Waals surface area contributed by atoms with Gasteiger partial charge in [0, 0.05) is 32.7 Å². The van der Waals surface area contributed by atoms with Gasteiger partial charge < -0.3 is 8.83 Å². The number of aromatic nitrogens is 3. The molecule has 0 unspecified atom stereocenters. The van der Waals surface area contributed by atoms with Crippen LogP contribution in [0.15, 0.2) is 233 Å². The molecule has 5 heteroatoms. The van der Waals surface area contributed by atoms with Crippen molar-refractivity contribution in [2.45, 2.75) is 0 Å². The van der Waals surface area contributed by atoms with Crippen molar-refractivity contribution in [3.8, 4) is 67.5 Å². The van der Waals surface area contributed by atoms with Crippen molar-refractivity contribution in [2.24, 2.45) is 0 Å². The summed E-state index contributed by atoms with van der Waals surface area (Å²) in [6, 6.07) is 78.9. The average molecular weight is 868 g/mol. The van der Waals surface area contributed by atoms with Crippen LogP contribution in [0.3, 0.4) is 0 Å². The second kappa shape index (κ2) is 15.2. The quantitative estimate of drug-likeness (QED) is 0.167. The van der Waals surface area contributed by atoms with E-state index in [2.05, 4.69) is 200 Å². The topological polar surface area (TPSA) is 65.0 Å². The number of rotatable bonds is 6. The molecule has 0 amide bonds. The average Bonchev–Trinajstić information content (AvgIpc) is 3.98. The van der Waals surface area contributed by atoms with Gasteiger partial charge in [0.1, 0.15) is 22.3 Å². The van der Waals surface area contributed by atoms with Crippen molar-refractivity contribution in [3.63, 3.8) is 0 Å². The molecule has 0 fully saturated rings.